The van der Waals surface area contributed by atoms with Gasteiger partial charge in [-0.3, -0.25) is 9.59 Å². The van der Waals surface area contributed by atoms with Crippen molar-refractivity contribution < 1.29 is 14.3 Å². The van der Waals surface area contributed by atoms with E-state index in [9.17, 15) is 9.59 Å². The van der Waals surface area contributed by atoms with Crippen molar-refractivity contribution in [1.29, 1.82) is 0 Å². The molecule has 0 saturated carbocycles. The third-order valence-electron chi connectivity index (χ3n) is 4.79. The fourth-order valence-electron chi connectivity index (χ4n) is 3.24. The SMILES string of the molecule is O=C(CCN1CCCCCC1=O)NCc1cc(N2CCOCC2)ncn1. The Balaban J connectivity index is 1.44. The molecule has 1 aromatic rings. The van der Waals surface area contributed by atoms with E-state index in [0.29, 0.717) is 39.1 Å². The van der Waals surface area contributed by atoms with E-state index in [-0.39, 0.29) is 11.8 Å². The molecule has 0 radical (unpaired) electrons. The highest BCUT2D eigenvalue weighted by atomic mass is 16.5. The fourth-order valence-corrected chi connectivity index (χ4v) is 3.24. The smallest absolute Gasteiger partial charge is 0.222 e. The fraction of sp³-hybridized carbons (Fsp3) is 0.667. The zero-order valence-corrected chi connectivity index (χ0v) is 15.2. The number of morpholine rings is 1. The lowest BCUT2D eigenvalue weighted by atomic mass is 10.2. The molecule has 1 N–H and O–H groups in total. The van der Waals surface area contributed by atoms with Crippen LogP contribution in [0.5, 0.6) is 0 Å². The summed E-state index contributed by atoms with van der Waals surface area (Å²) in [4.78, 5) is 36.6. The zero-order valence-electron chi connectivity index (χ0n) is 15.2. The molecular formula is C18H27N5O3. The monoisotopic (exact) mass is 361 g/mol. The minimum Gasteiger partial charge on any atom is -0.378 e. The van der Waals surface area contributed by atoms with Crippen molar-refractivity contribution >= 4 is 17.6 Å². The van der Waals surface area contributed by atoms with Gasteiger partial charge in [0.1, 0.15) is 12.1 Å². The van der Waals surface area contributed by atoms with Crippen LogP contribution in [0.15, 0.2) is 12.4 Å². The zero-order chi connectivity index (χ0) is 18.2. The summed E-state index contributed by atoms with van der Waals surface area (Å²) in [6.07, 6.45) is 5.54. The Hall–Kier alpha value is -2.22. The van der Waals surface area contributed by atoms with Crippen molar-refractivity contribution in [2.45, 2.75) is 38.6 Å². The quantitative estimate of drug-likeness (QED) is 0.803. The van der Waals surface area contributed by atoms with Crippen LogP contribution in [0.3, 0.4) is 0 Å². The van der Waals surface area contributed by atoms with Crippen molar-refractivity contribution in [2.24, 2.45) is 0 Å². The Morgan fingerprint density at radius 3 is 2.85 bits per heavy atom. The van der Waals surface area contributed by atoms with Gasteiger partial charge in [0.25, 0.3) is 0 Å². The van der Waals surface area contributed by atoms with Gasteiger partial charge in [0.2, 0.25) is 11.8 Å². The van der Waals surface area contributed by atoms with Crippen LogP contribution in [0.1, 0.15) is 37.8 Å². The number of anilines is 1. The molecule has 1 aromatic heterocycles. The molecule has 8 heteroatoms. The lowest BCUT2D eigenvalue weighted by Gasteiger charge is -2.27. The summed E-state index contributed by atoms with van der Waals surface area (Å²) in [5, 5.41) is 2.89. The van der Waals surface area contributed by atoms with Gasteiger partial charge in [-0.25, -0.2) is 9.97 Å². The maximum absolute atomic E-state index is 12.1. The Bertz CT molecular complexity index is 619. The van der Waals surface area contributed by atoms with Crippen LogP contribution >= 0.6 is 0 Å². The molecule has 0 bridgehead atoms. The van der Waals surface area contributed by atoms with Gasteiger partial charge in [0.15, 0.2) is 0 Å². The van der Waals surface area contributed by atoms with Crippen molar-refractivity contribution in [1.82, 2.24) is 20.2 Å². The average molecular weight is 361 g/mol. The number of aromatic nitrogens is 2. The normalized spacial score (nSPS) is 18.5. The Morgan fingerprint density at radius 2 is 2.00 bits per heavy atom. The molecule has 2 saturated heterocycles. The Labute approximate surface area is 153 Å². The molecular weight excluding hydrogens is 334 g/mol. The second kappa shape index (κ2) is 9.47. The van der Waals surface area contributed by atoms with E-state index < -0.39 is 0 Å². The number of hydrogen-bond acceptors (Lipinski definition) is 6. The van der Waals surface area contributed by atoms with Crippen LogP contribution in [0.2, 0.25) is 0 Å². The Morgan fingerprint density at radius 1 is 1.15 bits per heavy atom. The third kappa shape index (κ3) is 5.39. The van der Waals surface area contributed by atoms with Gasteiger partial charge in [-0.15, -0.1) is 0 Å². The lowest BCUT2D eigenvalue weighted by Crippen LogP contribution is -2.37. The molecule has 0 aliphatic carbocycles. The highest BCUT2D eigenvalue weighted by Crippen LogP contribution is 2.13. The average Bonchev–Trinajstić information content (AvgIpc) is 2.89. The number of nitrogens with zero attached hydrogens (tertiary/aromatic N) is 4. The van der Waals surface area contributed by atoms with Crippen LogP contribution in [-0.2, 0) is 20.9 Å². The summed E-state index contributed by atoms with van der Waals surface area (Å²) in [5.74, 6) is 0.970. The second-order valence-corrected chi connectivity index (χ2v) is 6.69. The molecule has 2 aliphatic heterocycles. The summed E-state index contributed by atoms with van der Waals surface area (Å²) < 4.78 is 5.35. The molecule has 2 amide bonds. The highest BCUT2D eigenvalue weighted by Gasteiger charge is 2.17. The van der Waals surface area contributed by atoms with Gasteiger partial charge in [0, 0.05) is 45.1 Å². The van der Waals surface area contributed by atoms with E-state index in [2.05, 4.69) is 20.2 Å². The van der Waals surface area contributed by atoms with Crippen LogP contribution in [0.25, 0.3) is 0 Å². The standard InChI is InChI=1S/C18H27N5O3/c24-17(5-7-23-6-3-1-2-4-18(23)25)19-13-15-12-16(21-14-20-15)22-8-10-26-11-9-22/h12,14H,1-11,13H2,(H,19,24). The summed E-state index contributed by atoms with van der Waals surface area (Å²) in [5.41, 5.74) is 0.778. The number of likely N-dealkylation sites (tertiary alicyclic amines) is 1. The van der Waals surface area contributed by atoms with Crippen molar-refractivity contribution in [3.05, 3.63) is 18.1 Å². The summed E-state index contributed by atoms with van der Waals surface area (Å²) >= 11 is 0. The molecule has 142 valence electrons. The minimum atomic E-state index is -0.0615. The van der Waals surface area contributed by atoms with Gasteiger partial charge in [0.05, 0.1) is 25.5 Å². The van der Waals surface area contributed by atoms with Gasteiger partial charge in [-0.2, -0.15) is 0 Å². The summed E-state index contributed by atoms with van der Waals surface area (Å²) in [6.45, 7) is 4.65. The number of hydrogen-bond donors (Lipinski definition) is 1. The number of amides is 2. The molecule has 0 aromatic carbocycles. The van der Waals surface area contributed by atoms with E-state index in [4.69, 9.17) is 4.74 Å². The van der Waals surface area contributed by atoms with Crippen molar-refractivity contribution in [3.63, 3.8) is 0 Å². The first-order valence-electron chi connectivity index (χ1n) is 9.40. The number of carbonyl (C=O) groups excluding carboxylic acids is 2. The van der Waals surface area contributed by atoms with Crippen LogP contribution in [0, 0.1) is 0 Å². The lowest BCUT2D eigenvalue weighted by molar-refractivity contribution is -0.131. The van der Waals surface area contributed by atoms with Gasteiger partial charge in [-0.05, 0) is 12.8 Å². The number of ether oxygens (including phenoxy) is 1. The third-order valence-corrected chi connectivity index (χ3v) is 4.79. The molecule has 2 aliphatic rings. The van der Waals surface area contributed by atoms with Gasteiger partial charge < -0.3 is 19.9 Å². The molecule has 26 heavy (non-hydrogen) atoms. The first kappa shape index (κ1) is 18.6. The van der Waals surface area contributed by atoms with Crippen molar-refractivity contribution in [3.8, 4) is 0 Å². The first-order valence-corrected chi connectivity index (χ1v) is 9.40. The summed E-state index contributed by atoms with van der Waals surface area (Å²) in [7, 11) is 0. The number of rotatable bonds is 6. The van der Waals surface area contributed by atoms with Gasteiger partial charge >= 0.3 is 0 Å². The maximum Gasteiger partial charge on any atom is 0.222 e. The second-order valence-electron chi connectivity index (χ2n) is 6.69. The largest absolute Gasteiger partial charge is 0.378 e. The maximum atomic E-state index is 12.1. The molecule has 0 spiro atoms. The topological polar surface area (TPSA) is 87.7 Å². The number of nitrogens with one attached hydrogen (secondary N) is 1. The molecule has 3 rings (SSSR count). The van der Waals surface area contributed by atoms with E-state index >= 15 is 0 Å². The highest BCUT2D eigenvalue weighted by molar-refractivity contribution is 5.79. The van der Waals surface area contributed by atoms with Crippen LogP contribution < -0.4 is 10.2 Å². The Kier molecular flexibility index (Phi) is 6.76. The molecule has 0 atom stereocenters. The molecule has 2 fully saturated rings. The van der Waals surface area contributed by atoms with E-state index in [1.54, 1.807) is 0 Å². The molecule has 8 nitrogen and oxygen atoms in total. The van der Waals surface area contributed by atoms with Crippen LogP contribution in [-0.4, -0.2) is 66.1 Å². The van der Waals surface area contributed by atoms with E-state index in [0.717, 1.165) is 50.4 Å². The summed E-state index contributed by atoms with van der Waals surface area (Å²) in [6, 6.07) is 1.91. The van der Waals surface area contributed by atoms with Gasteiger partial charge in [-0.1, -0.05) is 6.42 Å². The van der Waals surface area contributed by atoms with E-state index in [1.807, 2.05) is 11.0 Å². The van der Waals surface area contributed by atoms with E-state index in [1.165, 1.54) is 6.33 Å². The minimum absolute atomic E-state index is 0.0615. The predicted octanol–water partition coefficient (Wildman–Crippen LogP) is 0.722. The molecule has 3 heterocycles. The van der Waals surface area contributed by atoms with Crippen LogP contribution in [0.4, 0.5) is 5.82 Å². The molecule has 0 unspecified atom stereocenters. The number of carbonyl (C=O) groups is 2. The van der Waals surface area contributed by atoms with Crippen molar-refractivity contribution in [2.75, 3.05) is 44.3 Å². The first-order chi connectivity index (χ1) is 12.7. The predicted molar refractivity (Wildman–Crippen MR) is 96.6 cm³/mol.